The zero-order valence-corrected chi connectivity index (χ0v) is 16.7. The van der Waals surface area contributed by atoms with E-state index in [0.29, 0.717) is 12.2 Å². The molecule has 0 aliphatic carbocycles. The van der Waals surface area contributed by atoms with E-state index in [2.05, 4.69) is 28.1 Å². The smallest absolute Gasteiger partial charge is 0.119 e. The van der Waals surface area contributed by atoms with E-state index in [1.165, 1.54) is 5.69 Å². The summed E-state index contributed by atoms with van der Waals surface area (Å²) >= 11 is 0. The van der Waals surface area contributed by atoms with Gasteiger partial charge in [-0.25, -0.2) is 0 Å². The summed E-state index contributed by atoms with van der Waals surface area (Å²) in [5.41, 5.74) is 4.64. The minimum absolute atomic E-state index is 0.368. The van der Waals surface area contributed by atoms with Gasteiger partial charge in [0.15, 0.2) is 0 Å². The molecule has 0 N–H and O–H groups in total. The molecular formula is C25H23N3O2. The number of rotatable bonds is 6. The molecule has 1 saturated heterocycles. The van der Waals surface area contributed by atoms with Crippen LogP contribution in [0.15, 0.2) is 77.8 Å². The van der Waals surface area contributed by atoms with E-state index in [9.17, 15) is 0 Å². The molecule has 30 heavy (non-hydrogen) atoms. The molecule has 0 aromatic heterocycles. The van der Waals surface area contributed by atoms with Crippen LogP contribution in [0.1, 0.15) is 16.7 Å². The minimum atomic E-state index is 0.368. The molecule has 0 spiro atoms. The summed E-state index contributed by atoms with van der Waals surface area (Å²) in [5.74, 6) is 0.759. The number of benzene rings is 3. The van der Waals surface area contributed by atoms with Gasteiger partial charge < -0.3 is 14.4 Å². The Kier molecular flexibility index (Phi) is 6.38. The van der Waals surface area contributed by atoms with Gasteiger partial charge in [-0.1, -0.05) is 18.2 Å². The number of anilines is 1. The van der Waals surface area contributed by atoms with Gasteiger partial charge in [-0.15, -0.1) is 0 Å². The van der Waals surface area contributed by atoms with E-state index in [-0.39, 0.29) is 0 Å². The van der Waals surface area contributed by atoms with Crippen molar-refractivity contribution in [3.63, 3.8) is 0 Å². The van der Waals surface area contributed by atoms with Crippen LogP contribution in [0.4, 0.5) is 11.4 Å². The van der Waals surface area contributed by atoms with Crippen molar-refractivity contribution < 1.29 is 9.47 Å². The normalized spacial score (nSPS) is 13.9. The SMILES string of the molecule is N#Cc1ccccc1COc1ccc(C=Nc2ccc(N3CCOCC3)cc2)cc1. The van der Waals surface area contributed by atoms with Gasteiger partial charge in [0.05, 0.1) is 30.5 Å². The van der Waals surface area contributed by atoms with Crippen LogP contribution in [0, 0.1) is 11.3 Å². The molecular weight excluding hydrogens is 374 g/mol. The fraction of sp³-hybridized carbons (Fsp3) is 0.200. The predicted octanol–water partition coefficient (Wildman–Crippen LogP) is 4.72. The number of nitrogens with zero attached hydrogens (tertiary/aromatic N) is 3. The lowest BCUT2D eigenvalue weighted by molar-refractivity contribution is 0.122. The summed E-state index contributed by atoms with van der Waals surface area (Å²) < 4.78 is 11.2. The van der Waals surface area contributed by atoms with Crippen molar-refractivity contribution >= 4 is 17.6 Å². The highest BCUT2D eigenvalue weighted by atomic mass is 16.5. The van der Waals surface area contributed by atoms with Crippen molar-refractivity contribution in [3.8, 4) is 11.8 Å². The third-order valence-corrected chi connectivity index (χ3v) is 5.00. The average Bonchev–Trinajstić information content (AvgIpc) is 2.83. The van der Waals surface area contributed by atoms with E-state index >= 15 is 0 Å². The van der Waals surface area contributed by atoms with Crippen LogP contribution in [-0.2, 0) is 11.3 Å². The maximum Gasteiger partial charge on any atom is 0.119 e. The van der Waals surface area contributed by atoms with Gasteiger partial charge in [-0.2, -0.15) is 5.26 Å². The van der Waals surface area contributed by atoms with E-state index in [1.807, 2.05) is 60.8 Å². The van der Waals surface area contributed by atoms with Gasteiger partial charge in [0.25, 0.3) is 0 Å². The zero-order chi connectivity index (χ0) is 20.6. The zero-order valence-electron chi connectivity index (χ0n) is 16.7. The molecule has 1 fully saturated rings. The lowest BCUT2D eigenvalue weighted by Gasteiger charge is -2.28. The molecule has 5 nitrogen and oxygen atoms in total. The number of aliphatic imine (C=N–C) groups is 1. The quantitative estimate of drug-likeness (QED) is 0.565. The van der Waals surface area contributed by atoms with E-state index < -0.39 is 0 Å². The molecule has 3 aromatic carbocycles. The van der Waals surface area contributed by atoms with Crippen LogP contribution in [0.3, 0.4) is 0 Å². The first-order chi connectivity index (χ1) is 14.8. The van der Waals surface area contributed by atoms with Crippen molar-refractivity contribution in [3.05, 3.63) is 89.5 Å². The number of morpholine rings is 1. The number of ether oxygens (including phenoxy) is 2. The molecule has 5 heteroatoms. The molecule has 0 unspecified atom stereocenters. The fourth-order valence-corrected chi connectivity index (χ4v) is 3.29. The van der Waals surface area contributed by atoms with Crippen molar-refractivity contribution in [2.45, 2.75) is 6.61 Å². The van der Waals surface area contributed by atoms with Crippen molar-refractivity contribution in [2.75, 3.05) is 31.2 Å². The topological polar surface area (TPSA) is 57.8 Å². The first-order valence-corrected chi connectivity index (χ1v) is 9.99. The van der Waals surface area contributed by atoms with Crippen LogP contribution >= 0.6 is 0 Å². The Hall–Kier alpha value is -3.62. The van der Waals surface area contributed by atoms with Gasteiger partial charge in [0.1, 0.15) is 12.4 Å². The maximum absolute atomic E-state index is 9.16. The maximum atomic E-state index is 9.16. The summed E-state index contributed by atoms with van der Waals surface area (Å²) in [7, 11) is 0. The Balaban J connectivity index is 1.34. The van der Waals surface area contributed by atoms with Crippen LogP contribution in [-0.4, -0.2) is 32.5 Å². The van der Waals surface area contributed by atoms with E-state index in [1.54, 1.807) is 6.07 Å². The Labute approximate surface area is 176 Å². The van der Waals surface area contributed by atoms with Crippen LogP contribution in [0.5, 0.6) is 5.75 Å². The Morgan fingerprint density at radius 3 is 2.43 bits per heavy atom. The minimum Gasteiger partial charge on any atom is -0.489 e. The highest BCUT2D eigenvalue weighted by Gasteiger charge is 2.10. The lowest BCUT2D eigenvalue weighted by atomic mass is 10.1. The Morgan fingerprint density at radius 2 is 1.70 bits per heavy atom. The molecule has 0 amide bonds. The predicted molar refractivity (Wildman–Crippen MR) is 119 cm³/mol. The monoisotopic (exact) mass is 397 g/mol. The molecule has 0 bridgehead atoms. The second-order valence-electron chi connectivity index (χ2n) is 7.00. The van der Waals surface area contributed by atoms with Gasteiger partial charge >= 0.3 is 0 Å². The highest BCUT2D eigenvalue weighted by Crippen LogP contribution is 2.21. The van der Waals surface area contributed by atoms with E-state index in [0.717, 1.165) is 48.9 Å². The lowest BCUT2D eigenvalue weighted by Crippen LogP contribution is -2.36. The molecule has 1 aliphatic rings. The molecule has 0 atom stereocenters. The summed E-state index contributed by atoms with van der Waals surface area (Å²) in [6.45, 7) is 3.79. The third kappa shape index (κ3) is 5.05. The summed E-state index contributed by atoms with van der Waals surface area (Å²) in [6, 6.07) is 25.7. The molecule has 150 valence electrons. The first kappa shape index (κ1) is 19.7. The largest absolute Gasteiger partial charge is 0.489 e. The Bertz CT molecular complexity index is 1030. The number of hydrogen-bond donors (Lipinski definition) is 0. The second kappa shape index (κ2) is 9.73. The first-order valence-electron chi connectivity index (χ1n) is 9.99. The van der Waals surface area contributed by atoms with Crippen LogP contribution in [0.2, 0.25) is 0 Å². The van der Waals surface area contributed by atoms with Crippen molar-refractivity contribution in [2.24, 2.45) is 4.99 Å². The van der Waals surface area contributed by atoms with Gasteiger partial charge in [-0.3, -0.25) is 4.99 Å². The van der Waals surface area contributed by atoms with Crippen LogP contribution < -0.4 is 9.64 Å². The average molecular weight is 397 g/mol. The summed E-state index contributed by atoms with van der Waals surface area (Å²) in [5, 5.41) is 9.16. The standard InChI is InChI=1S/C25H23N3O2/c26-17-21-3-1-2-4-22(21)19-30-25-11-5-20(6-12-25)18-27-23-7-9-24(10-8-23)28-13-15-29-16-14-28/h1-12,18H,13-16,19H2. The van der Waals surface area contributed by atoms with Crippen LogP contribution in [0.25, 0.3) is 0 Å². The molecule has 3 aromatic rings. The second-order valence-corrected chi connectivity index (χ2v) is 7.00. The van der Waals surface area contributed by atoms with Gasteiger partial charge in [0.2, 0.25) is 0 Å². The third-order valence-electron chi connectivity index (χ3n) is 5.00. The summed E-state index contributed by atoms with van der Waals surface area (Å²) in [6.07, 6.45) is 1.85. The van der Waals surface area contributed by atoms with Crippen molar-refractivity contribution in [1.82, 2.24) is 0 Å². The molecule has 0 saturated carbocycles. The highest BCUT2D eigenvalue weighted by molar-refractivity contribution is 5.82. The Morgan fingerprint density at radius 1 is 0.967 bits per heavy atom. The number of nitriles is 1. The van der Waals surface area contributed by atoms with Gasteiger partial charge in [-0.05, 0) is 60.2 Å². The summed E-state index contributed by atoms with van der Waals surface area (Å²) in [4.78, 5) is 6.89. The van der Waals surface area contributed by atoms with Gasteiger partial charge in [0, 0.05) is 30.6 Å². The fourth-order valence-electron chi connectivity index (χ4n) is 3.29. The molecule has 1 heterocycles. The van der Waals surface area contributed by atoms with Crippen molar-refractivity contribution in [1.29, 1.82) is 5.26 Å². The number of hydrogen-bond acceptors (Lipinski definition) is 5. The molecule has 0 radical (unpaired) electrons. The molecule has 4 rings (SSSR count). The van der Waals surface area contributed by atoms with E-state index in [4.69, 9.17) is 14.7 Å². The molecule has 1 aliphatic heterocycles.